The molecule has 26 heavy (non-hydrogen) atoms. The SMILES string of the molecule is CC(C)c1ccccc1N(CCNC(=O)c1cccc(Cl)c1)S(C)(=O)=O. The number of carbonyl (C=O) groups excluding carboxylic acids is 1. The number of hydrogen-bond acceptors (Lipinski definition) is 3. The fraction of sp³-hybridized carbons (Fsp3) is 0.316. The maximum absolute atomic E-state index is 12.3. The lowest BCUT2D eigenvalue weighted by molar-refractivity contribution is 0.0955. The summed E-state index contributed by atoms with van der Waals surface area (Å²) < 4.78 is 25.9. The molecule has 0 aliphatic rings. The number of benzene rings is 2. The molecule has 2 aromatic carbocycles. The molecule has 0 bridgehead atoms. The van der Waals surface area contributed by atoms with Gasteiger partial charge in [-0.05, 0) is 35.7 Å². The Morgan fingerprint density at radius 1 is 1.15 bits per heavy atom. The van der Waals surface area contributed by atoms with Gasteiger partial charge in [0.05, 0.1) is 18.5 Å². The van der Waals surface area contributed by atoms with Gasteiger partial charge in [0.25, 0.3) is 5.91 Å². The van der Waals surface area contributed by atoms with Crippen molar-refractivity contribution < 1.29 is 13.2 Å². The Hall–Kier alpha value is -2.05. The number of carbonyl (C=O) groups is 1. The molecule has 0 unspecified atom stereocenters. The fourth-order valence-electron chi connectivity index (χ4n) is 2.67. The molecule has 0 atom stereocenters. The van der Waals surface area contributed by atoms with Crippen molar-refractivity contribution in [3.05, 3.63) is 64.7 Å². The van der Waals surface area contributed by atoms with Crippen LogP contribution in [0.4, 0.5) is 5.69 Å². The highest BCUT2D eigenvalue weighted by Gasteiger charge is 2.21. The third kappa shape index (κ3) is 5.22. The summed E-state index contributed by atoms with van der Waals surface area (Å²) in [5.74, 6) is -0.116. The van der Waals surface area contributed by atoms with Crippen molar-refractivity contribution in [1.29, 1.82) is 0 Å². The lowest BCUT2D eigenvalue weighted by Gasteiger charge is -2.26. The molecule has 2 aromatic rings. The summed E-state index contributed by atoms with van der Waals surface area (Å²) in [6.07, 6.45) is 1.17. The van der Waals surface area contributed by atoms with Gasteiger partial charge in [0, 0.05) is 17.1 Å². The molecule has 0 aliphatic carbocycles. The second-order valence-corrected chi connectivity index (χ2v) is 8.66. The summed E-state index contributed by atoms with van der Waals surface area (Å²) in [7, 11) is -3.48. The van der Waals surface area contributed by atoms with Gasteiger partial charge in [-0.2, -0.15) is 0 Å². The molecular formula is C19H23ClN2O3S. The minimum atomic E-state index is -3.48. The normalized spacial score (nSPS) is 11.4. The van der Waals surface area contributed by atoms with Gasteiger partial charge in [0.15, 0.2) is 0 Å². The predicted octanol–water partition coefficient (Wildman–Crippen LogP) is 3.66. The van der Waals surface area contributed by atoms with Crippen LogP contribution in [0.5, 0.6) is 0 Å². The first-order chi connectivity index (χ1) is 12.2. The molecule has 0 fully saturated rings. The molecule has 0 saturated heterocycles. The quantitative estimate of drug-likeness (QED) is 0.779. The van der Waals surface area contributed by atoms with Gasteiger partial charge in [-0.1, -0.05) is 49.7 Å². The van der Waals surface area contributed by atoms with E-state index >= 15 is 0 Å². The van der Waals surface area contributed by atoms with Crippen molar-refractivity contribution in [3.8, 4) is 0 Å². The zero-order valence-corrected chi connectivity index (χ0v) is 16.6. The van der Waals surface area contributed by atoms with Gasteiger partial charge < -0.3 is 5.32 Å². The zero-order valence-electron chi connectivity index (χ0n) is 15.1. The van der Waals surface area contributed by atoms with Gasteiger partial charge in [0.2, 0.25) is 10.0 Å². The van der Waals surface area contributed by atoms with Crippen molar-refractivity contribution >= 4 is 33.2 Å². The molecule has 0 radical (unpaired) electrons. The predicted molar refractivity (Wildman–Crippen MR) is 107 cm³/mol. The highest BCUT2D eigenvalue weighted by atomic mass is 35.5. The van der Waals surface area contributed by atoms with Gasteiger partial charge >= 0.3 is 0 Å². The first-order valence-corrected chi connectivity index (χ1v) is 10.5. The molecule has 0 aliphatic heterocycles. The van der Waals surface area contributed by atoms with Crippen molar-refractivity contribution in [2.24, 2.45) is 0 Å². The van der Waals surface area contributed by atoms with Crippen LogP contribution in [0.1, 0.15) is 35.7 Å². The number of hydrogen-bond donors (Lipinski definition) is 1. The van der Waals surface area contributed by atoms with Gasteiger partial charge in [-0.15, -0.1) is 0 Å². The number of sulfonamides is 1. The van der Waals surface area contributed by atoms with E-state index in [0.29, 0.717) is 16.3 Å². The van der Waals surface area contributed by atoms with Gasteiger partial charge in [-0.25, -0.2) is 8.42 Å². The van der Waals surface area contributed by atoms with Crippen molar-refractivity contribution in [2.45, 2.75) is 19.8 Å². The average molecular weight is 395 g/mol. The van der Waals surface area contributed by atoms with E-state index in [9.17, 15) is 13.2 Å². The first-order valence-electron chi connectivity index (χ1n) is 8.30. The van der Waals surface area contributed by atoms with E-state index in [1.54, 1.807) is 30.3 Å². The Morgan fingerprint density at radius 2 is 1.85 bits per heavy atom. The van der Waals surface area contributed by atoms with E-state index in [1.165, 1.54) is 10.6 Å². The van der Waals surface area contributed by atoms with Crippen LogP contribution >= 0.6 is 11.6 Å². The summed E-state index contributed by atoms with van der Waals surface area (Å²) in [5, 5.41) is 3.22. The number of para-hydroxylation sites is 1. The molecule has 0 saturated carbocycles. The average Bonchev–Trinajstić information content (AvgIpc) is 2.57. The Kier molecular flexibility index (Phi) is 6.67. The van der Waals surface area contributed by atoms with E-state index in [0.717, 1.165) is 5.56 Å². The van der Waals surface area contributed by atoms with Crippen molar-refractivity contribution in [3.63, 3.8) is 0 Å². The third-order valence-corrected chi connectivity index (χ3v) is 5.33. The monoisotopic (exact) mass is 394 g/mol. The number of nitrogens with one attached hydrogen (secondary N) is 1. The molecule has 5 nitrogen and oxygen atoms in total. The van der Waals surface area contributed by atoms with E-state index in [4.69, 9.17) is 11.6 Å². The maximum atomic E-state index is 12.3. The summed E-state index contributed by atoms with van der Waals surface area (Å²) in [6, 6.07) is 14.0. The van der Waals surface area contributed by atoms with Crippen LogP contribution < -0.4 is 9.62 Å². The van der Waals surface area contributed by atoms with Crippen LogP contribution in [0, 0.1) is 0 Å². The summed E-state index contributed by atoms with van der Waals surface area (Å²) in [5.41, 5.74) is 2.02. The first kappa shape index (κ1) is 20.3. The van der Waals surface area contributed by atoms with E-state index in [-0.39, 0.29) is 24.9 Å². The van der Waals surface area contributed by atoms with Gasteiger partial charge in [-0.3, -0.25) is 9.10 Å². The van der Waals surface area contributed by atoms with E-state index in [1.807, 2.05) is 32.0 Å². The Balaban J connectivity index is 2.14. The molecule has 1 N–H and O–H groups in total. The summed E-state index contributed by atoms with van der Waals surface area (Å²) in [6.45, 7) is 4.36. The van der Waals surface area contributed by atoms with Crippen molar-refractivity contribution in [1.82, 2.24) is 5.32 Å². The lowest BCUT2D eigenvalue weighted by Crippen LogP contribution is -2.38. The number of nitrogens with zero attached hydrogens (tertiary/aromatic N) is 1. The fourth-order valence-corrected chi connectivity index (χ4v) is 3.81. The number of anilines is 1. The lowest BCUT2D eigenvalue weighted by atomic mass is 10.0. The van der Waals surface area contributed by atoms with E-state index in [2.05, 4.69) is 5.32 Å². The minimum absolute atomic E-state index is 0.148. The summed E-state index contributed by atoms with van der Waals surface area (Å²) in [4.78, 5) is 12.2. The summed E-state index contributed by atoms with van der Waals surface area (Å²) >= 11 is 5.89. The van der Waals surface area contributed by atoms with Crippen LogP contribution in [0.25, 0.3) is 0 Å². The molecule has 0 aromatic heterocycles. The van der Waals surface area contributed by atoms with Crippen LogP contribution in [0.3, 0.4) is 0 Å². The Morgan fingerprint density at radius 3 is 2.46 bits per heavy atom. The maximum Gasteiger partial charge on any atom is 0.251 e. The smallest absolute Gasteiger partial charge is 0.251 e. The molecule has 0 heterocycles. The minimum Gasteiger partial charge on any atom is -0.350 e. The van der Waals surface area contributed by atoms with Crippen LogP contribution in [0.2, 0.25) is 5.02 Å². The van der Waals surface area contributed by atoms with Gasteiger partial charge in [0.1, 0.15) is 0 Å². The highest BCUT2D eigenvalue weighted by molar-refractivity contribution is 7.92. The second-order valence-electron chi connectivity index (χ2n) is 6.31. The third-order valence-electron chi connectivity index (χ3n) is 3.92. The van der Waals surface area contributed by atoms with Crippen LogP contribution in [-0.4, -0.2) is 33.7 Å². The molecule has 2 rings (SSSR count). The second kappa shape index (κ2) is 8.56. The van der Waals surface area contributed by atoms with Crippen molar-refractivity contribution in [2.75, 3.05) is 23.7 Å². The molecular weight excluding hydrogens is 372 g/mol. The Bertz CT molecular complexity index is 882. The zero-order chi connectivity index (χ0) is 19.3. The van der Waals surface area contributed by atoms with E-state index < -0.39 is 10.0 Å². The molecule has 7 heteroatoms. The number of halogens is 1. The molecule has 140 valence electrons. The van der Waals surface area contributed by atoms with Crippen LogP contribution in [-0.2, 0) is 10.0 Å². The Labute approximate surface area is 160 Å². The molecule has 0 spiro atoms. The highest BCUT2D eigenvalue weighted by Crippen LogP contribution is 2.28. The number of amides is 1. The number of rotatable bonds is 7. The standard InChI is InChI=1S/C19H23ClN2O3S/c1-14(2)17-9-4-5-10-18(17)22(26(3,24)25)12-11-21-19(23)15-7-6-8-16(20)13-15/h4-10,13-14H,11-12H2,1-3H3,(H,21,23). The largest absolute Gasteiger partial charge is 0.350 e. The molecule has 1 amide bonds. The van der Waals surface area contributed by atoms with Crippen LogP contribution in [0.15, 0.2) is 48.5 Å². The topological polar surface area (TPSA) is 66.5 Å².